The Kier molecular flexibility index (Phi) is 9.37. The van der Waals surface area contributed by atoms with E-state index in [4.69, 9.17) is 19.4 Å². The van der Waals surface area contributed by atoms with Crippen LogP contribution in [0, 0.1) is 0 Å². The highest BCUT2D eigenvalue weighted by atomic mass is 19.4. The Balaban J connectivity index is 0.000000445. The van der Waals surface area contributed by atoms with Crippen molar-refractivity contribution in [3.63, 3.8) is 0 Å². The predicted molar refractivity (Wildman–Crippen MR) is 93.2 cm³/mol. The SMILES string of the molecule is COc1ccc(CCN2CCCCC2CO)cc1OC.O=C(O)C(F)(F)F. The molecule has 2 rings (SSSR count). The number of carbonyl (C=O) groups is 1. The Hall–Kier alpha value is -2.00. The number of methoxy groups -OCH3 is 2. The maximum atomic E-state index is 10.6. The van der Waals surface area contributed by atoms with Crippen LogP contribution in [0.1, 0.15) is 24.8 Å². The van der Waals surface area contributed by atoms with E-state index in [1.807, 2.05) is 12.1 Å². The second-order valence-corrected chi connectivity index (χ2v) is 6.11. The van der Waals surface area contributed by atoms with Gasteiger partial charge in [0, 0.05) is 12.6 Å². The number of rotatable bonds is 6. The Morgan fingerprint density at radius 2 is 1.85 bits per heavy atom. The fraction of sp³-hybridized carbons (Fsp3) is 0.611. The molecule has 1 atom stereocenters. The van der Waals surface area contributed by atoms with E-state index in [1.165, 1.54) is 18.4 Å². The van der Waals surface area contributed by atoms with E-state index < -0.39 is 12.1 Å². The predicted octanol–water partition coefficient (Wildman–Crippen LogP) is 2.73. The zero-order valence-electron chi connectivity index (χ0n) is 15.5. The van der Waals surface area contributed by atoms with Crippen molar-refractivity contribution in [2.24, 2.45) is 0 Å². The number of carboxylic acid groups (broad SMARTS) is 1. The first kappa shape index (κ1) is 23.0. The number of benzene rings is 1. The van der Waals surface area contributed by atoms with E-state index in [2.05, 4.69) is 11.0 Å². The summed E-state index contributed by atoms with van der Waals surface area (Å²) in [6, 6.07) is 6.41. The minimum absolute atomic E-state index is 0.270. The Morgan fingerprint density at radius 1 is 1.22 bits per heavy atom. The van der Waals surface area contributed by atoms with Crippen molar-refractivity contribution in [2.45, 2.75) is 37.9 Å². The Bertz CT molecular complexity index is 595. The van der Waals surface area contributed by atoms with Crippen LogP contribution in [0.3, 0.4) is 0 Å². The van der Waals surface area contributed by atoms with Crippen molar-refractivity contribution in [1.82, 2.24) is 4.90 Å². The summed E-state index contributed by atoms with van der Waals surface area (Å²) >= 11 is 0. The van der Waals surface area contributed by atoms with E-state index in [0.29, 0.717) is 6.04 Å². The van der Waals surface area contributed by atoms with Gasteiger partial charge in [0.05, 0.1) is 20.8 Å². The number of piperidine rings is 1. The van der Waals surface area contributed by atoms with Crippen molar-refractivity contribution >= 4 is 5.97 Å². The molecule has 0 amide bonds. The van der Waals surface area contributed by atoms with Crippen LogP contribution in [-0.2, 0) is 11.2 Å². The van der Waals surface area contributed by atoms with Gasteiger partial charge in [-0.05, 0) is 43.5 Å². The lowest BCUT2D eigenvalue weighted by Gasteiger charge is -2.34. The van der Waals surface area contributed by atoms with Crippen molar-refractivity contribution < 1.29 is 37.7 Å². The summed E-state index contributed by atoms with van der Waals surface area (Å²) in [5.74, 6) is -1.21. The number of hydrogen-bond acceptors (Lipinski definition) is 5. The highest BCUT2D eigenvalue weighted by Gasteiger charge is 2.38. The van der Waals surface area contributed by atoms with Gasteiger partial charge in [0.2, 0.25) is 0 Å². The maximum Gasteiger partial charge on any atom is 0.490 e. The van der Waals surface area contributed by atoms with E-state index >= 15 is 0 Å². The third-order valence-electron chi connectivity index (χ3n) is 4.34. The molecule has 0 saturated carbocycles. The van der Waals surface area contributed by atoms with Gasteiger partial charge < -0.3 is 19.7 Å². The monoisotopic (exact) mass is 393 g/mol. The molecule has 1 aliphatic rings. The van der Waals surface area contributed by atoms with E-state index in [9.17, 15) is 18.3 Å². The molecule has 0 aromatic heterocycles. The second kappa shape index (κ2) is 11.0. The quantitative estimate of drug-likeness (QED) is 0.774. The first-order chi connectivity index (χ1) is 12.7. The highest BCUT2D eigenvalue weighted by molar-refractivity contribution is 5.73. The smallest absolute Gasteiger partial charge is 0.490 e. The van der Waals surface area contributed by atoms with Crippen LogP contribution < -0.4 is 9.47 Å². The van der Waals surface area contributed by atoms with Gasteiger partial charge in [-0.1, -0.05) is 12.5 Å². The molecular formula is C18H26F3NO5. The molecule has 27 heavy (non-hydrogen) atoms. The summed E-state index contributed by atoms with van der Waals surface area (Å²) in [6.45, 7) is 2.35. The molecule has 154 valence electrons. The van der Waals surface area contributed by atoms with Crippen molar-refractivity contribution in [3.8, 4) is 11.5 Å². The summed E-state index contributed by atoms with van der Waals surface area (Å²) in [7, 11) is 3.31. The van der Waals surface area contributed by atoms with Crippen LogP contribution in [0.2, 0.25) is 0 Å². The number of halogens is 3. The molecule has 1 aliphatic heterocycles. The molecule has 6 nitrogen and oxygen atoms in total. The maximum absolute atomic E-state index is 10.6. The van der Waals surface area contributed by atoms with Crippen molar-refractivity contribution in [3.05, 3.63) is 23.8 Å². The van der Waals surface area contributed by atoms with Crippen LogP contribution in [0.25, 0.3) is 0 Å². The lowest BCUT2D eigenvalue weighted by atomic mass is 10.0. The molecule has 0 bridgehead atoms. The number of aliphatic hydroxyl groups is 1. The average molecular weight is 393 g/mol. The standard InChI is InChI=1S/C16H25NO3.C2HF3O2/c1-19-15-7-6-13(11-16(15)20-2)8-10-17-9-4-3-5-14(17)12-18;3-2(4,5)1(6)7/h6-7,11,14,18H,3-5,8-10,12H2,1-2H3;(H,6,7). The number of nitrogens with zero attached hydrogens (tertiary/aromatic N) is 1. The summed E-state index contributed by atoms with van der Waals surface area (Å²) in [6.07, 6.45) is -0.528. The van der Waals surface area contributed by atoms with Crippen LogP contribution in [0.5, 0.6) is 11.5 Å². The molecular weight excluding hydrogens is 367 g/mol. The van der Waals surface area contributed by atoms with E-state index in [1.54, 1.807) is 14.2 Å². The number of alkyl halides is 3. The number of hydrogen-bond donors (Lipinski definition) is 2. The van der Waals surface area contributed by atoms with Gasteiger partial charge in [-0.25, -0.2) is 4.79 Å². The van der Waals surface area contributed by atoms with Crippen molar-refractivity contribution in [2.75, 3.05) is 33.9 Å². The number of likely N-dealkylation sites (tertiary alicyclic amines) is 1. The molecule has 0 aliphatic carbocycles. The lowest BCUT2D eigenvalue weighted by molar-refractivity contribution is -0.192. The number of aliphatic hydroxyl groups excluding tert-OH is 1. The average Bonchev–Trinajstić information content (AvgIpc) is 2.66. The van der Waals surface area contributed by atoms with Crippen molar-refractivity contribution in [1.29, 1.82) is 0 Å². The molecule has 1 aromatic rings. The molecule has 1 aromatic carbocycles. The third kappa shape index (κ3) is 7.64. The van der Waals surface area contributed by atoms with Crippen LogP contribution in [-0.4, -0.2) is 67.2 Å². The molecule has 1 unspecified atom stereocenters. The topological polar surface area (TPSA) is 79.2 Å². The highest BCUT2D eigenvalue weighted by Crippen LogP contribution is 2.28. The summed E-state index contributed by atoms with van der Waals surface area (Å²) in [5, 5.41) is 16.6. The molecule has 1 heterocycles. The normalized spacial score (nSPS) is 17.6. The lowest BCUT2D eigenvalue weighted by Crippen LogP contribution is -2.42. The van der Waals surface area contributed by atoms with Gasteiger partial charge in [0.25, 0.3) is 0 Å². The summed E-state index contributed by atoms with van der Waals surface area (Å²) in [4.78, 5) is 11.3. The second-order valence-electron chi connectivity index (χ2n) is 6.11. The van der Waals surface area contributed by atoms with E-state index in [0.717, 1.165) is 37.4 Å². The van der Waals surface area contributed by atoms with Crippen LogP contribution in [0.4, 0.5) is 13.2 Å². The summed E-state index contributed by atoms with van der Waals surface area (Å²) < 4.78 is 42.3. The molecule has 1 fully saturated rings. The van der Waals surface area contributed by atoms with E-state index in [-0.39, 0.29) is 6.61 Å². The van der Waals surface area contributed by atoms with Gasteiger partial charge in [0.15, 0.2) is 11.5 Å². The van der Waals surface area contributed by atoms with Gasteiger partial charge in [0.1, 0.15) is 0 Å². The molecule has 9 heteroatoms. The van der Waals surface area contributed by atoms with Gasteiger partial charge in [-0.2, -0.15) is 13.2 Å². The Labute approximate surface area is 156 Å². The van der Waals surface area contributed by atoms with Gasteiger partial charge in [-0.15, -0.1) is 0 Å². The fourth-order valence-corrected chi connectivity index (χ4v) is 2.87. The molecule has 0 spiro atoms. The molecule has 2 N–H and O–H groups in total. The molecule has 0 radical (unpaired) electrons. The first-order valence-electron chi connectivity index (χ1n) is 8.58. The minimum Gasteiger partial charge on any atom is -0.493 e. The largest absolute Gasteiger partial charge is 0.493 e. The zero-order valence-corrected chi connectivity index (χ0v) is 15.5. The van der Waals surface area contributed by atoms with Gasteiger partial charge >= 0.3 is 12.1 Å². The van der Waals surface area contributed by atoms with Crippen LogP contribution >= 0.6 is 0 Å². The fourth-order valence-electron chi connectivity index (χ4n) is 2.87. The molecule has 1 saturated heterocycles. The third-order valence-corrected chi connectivity index (χ3v) is 4.34. The van der Waals surface area contributed by atoms with Gasteiger partial charge in [-0.3, -0.25) is 4.90 Å². The zero-order chi connectivity index (χ0) is 20.4. The number of aliphatic carboxylic acids is 1. The number of ether oxygens (including phenoxy) is 2. The van der Waals surface area contributed by atoms with Crippen LogP contribution in [0.15, 0.2) is 18.2 Å². The first-order valence-corrected chi connectivity index (χ1v) is 8.58. The number of carboxylic acids is 1. The minimum atomic E-state index is -5.08. The summed E-state index contributed by atoms with van der Waals surface area (Å²) in [5.41, 5.74) is 1.24. The Morgan fingerprint density at radius 3 is 2.37 bits per heavy atom.